The van der Waals surface area contributed by atoms with Crippen LogP contribution in [0.4, 0.5) is 8.78 Å². The number of hydrogen-bond donors (Lipinski definition) is 1. The molecular weight excluding hydrogens is 226 g/mol. The molecule has 2 atom stereocenters. The molecule has 1 aliphatic carbocycles. The molecule has 0 unspecified atom stereocenters. The molecule has 0 saturated heterocycles. The number of carboxylic acid groups (broad SMARTS) is 1. The van der Waals surface area contributed by atoms with Crippen LogP contribution in [0.2, 0.25) is 5.02 Å². The van der Waals surface area contributed by atoms with Crippen LogP contribution in [0, 0.1) is 17.6 Å². The Labute approximate surface area is 89.5 Å². The van der Waals surface area contributed by atoms with Gasteiger partial charge >= 0.3 is 5.97 Å². The van der Waals surface area contributed by atoms with Crippen molar-refractivity contribution in [3.8, 4) is 0 Å². The molecule has 2 rings (SSSR count). The van der Waals surface area contributed by atoms with E-state index in [1.807, 2.05) is 0 Å². The highest BCUT2D eigenvalue weighted by atomic mass is 35.5. The summed E-state index contributed by atoms with van der Waals surface area (Å²) in [6, 6.07) is 2.31. The predicted molar refractivity (Wildman–Crippen MR) is 49.9 cm³/mol. The molecule has 0 aromatic heterocycles. The molecule has 0 amide bonds. The maximum atomic E-state index is 13.4. The van der Waals surface area contributed by atoms with Gasteiger partial charge in [0.15, 0.2) is 0 Å². The van der Waals surface area contributed by atoms with Crippen molar-refractivity contribution in [2.45, 2.75) is 12.3 Å². The molecule has 2 nitrogen and oxygen atoms in total. The zero-order valence-electron chi connectivity index (χ0n) is 7.51. The minimum Gasteiger partial charge on any atom is -0.481 e. The first-order valence-electron chi connectivity index (χ1n) is 4.38. The Bertz CT molecular complexity index is 434. The summed E-state index contributed by atoms with van der Waals surface area (Å²) in [5, 5.41) is 8.10. The second-order valence-electron chi connectivity index (χ2n) is 3.55. The van der Waals surface area contributed by atoms with E-state index in [9.17, 15) is 13.6 Å². The van der Waals surface area contributed by atoms with Gasteiger partial charge in [-0.05, 0) is 18.1 Å². The summed E-state index contributed by atoms with van der Waals surface area (Å²) in [6.45, 7) is 0. The van der Waals surface area contributed by atoms with Crippen molar-refractivity contribution in [2.75, 3.05) is 0 Å². The van der Waals surface area contributed by atoms with E-state index in [1.54, 1.807) is 0 Å². The summed E-state index contributed by atoms with van der Waals surface area (Å²) >= 11 is 5.38. The molecule has 1 saturated carbocycles. The van der Waals surface area contributed by atoms with E-state index in [0.717, 1.165) is 6.07 Å². The lowest BCUT2D eigenvalue weighted by atomic mass is 10.1. The smallest absolute Gasteiger partial charge is 0.307 e. The van der Waals surface area contributed by atoms with Crippen LogP contribution in [0.25, 0.3) is 0 Å². The number of benzene rings is 1. The maximum Gasteiger partial charge on any atom is 0.307 e. The van der Waals surface area contributed by atoms with Crippen molar-refractivity contribution >= 4 is 17.6 Å². The Kier molecular flexibility index (Phi) is 2.38. The molecule has 1 fully saturated rings. The maximum absolute atomic E-state index is 13.4. The molecule has 1 aliphatic rings. The predicted octanol–water partition coefficient (Wildman–Crippen LogP) is 2.81. The largest absolute Gasteiger partial charge is 0.481 e. The van der Waals surface area contributed by atoms with Crippen LogP contribution >= 0.6 is 11.6 Å². The van der Waals surface area contributed by atoms with Crippen LogP contribution in [-0.2, 0) is 4.79 Å². The Morgan fingerprint density at radius 1 is 1.47 bits per heavy atom. The molecule has 1 aromatic carbocycles. The molecule has 1 aromatic rings. The van der Waals surface area contributed by atoms with Gasteiger partial charge in [0.05, 0.1) is 5.92 Å². The van der Waals surface area contributed by atoms with Crippen molar-refractivity contribution in [3.05, 3.63) is 34.4 Å². The lowest BCUT2D eigenvalue weighted by Crippen LogP contribution is -2.00. The van der Waals surface area contributed by atoms with Gasteiger partial charge in [-0.25, -0.2) is 8.78 Å². The van der Waals surface area contributed by atoms with E-state index in [4.69, 9.17) is 16.7 Å². The van der Waals surface area contributed by atoms with Crippen molar-refractivity contribution in [1.82, 2.24) is 0 Å². The minimum atomic E-state index is -0.958. The topological polar surface area (TPSA) is 37.3 Å². The standard InChI is InChI=1S/C10H7ClF2O2/c11-8-7(12)2-1-4(9(8)13)5-3-6(5)10(14)15/h1-2,5-6H,3H2,(H,14,15)/t5-,6+/m0/s1. The van der Waals surface area contributed by atoms with Crippen LogP contribution in [0.1, 0.15) is 17.9 Å². The summed E-state index contributed by atoms with van der Waals surface area (Å²) < 4.78 is 26.2. The van der Waals surface area contributed by atoms with Crippen LogP contribution in [0.3, 0.4) is 0 Å². The van der Waals surface area contributed by atoms with Gasteiger partial charge in [-0.2, -0.15) is 0 Å². The molecule has 80 valence electrons. The minimum absolute atomic E-state index is 0.189. The molecule has 0 aliphatic heterocycles. The van der Waals surface area contributed by atoms with Crippen LogP contribution in [0.15, 0.2) is 12.1 Å². The van der Waals surface area contributed by atoms with Gasteiger partial charge < -0.3 is 5.11 Å². The normalized spacial score (nSPS) is 23.9. The summed E-state index contributed by atoms with van der Waals surface area (Å²) in [7, 11) is 0. The third-order valence-electron chi connectivity index (χ3n) is 2.57. The van der Waals surface area contributed by atoms with Gasteiger partial charge in [0.2, 0.25) is 0 Å². The molecule has 0 heterocycles. The summed E-state index contributed by atoms with van der Waals surface area (Å²) in [4.78, 5) is 10.6. The van der Waals surface area contributed by atoms with Crippen LogP contribution in [-0.4, -0.2) is 11.1 Å². The Morgan fingerprint density at radius 3 is 2.67 bits per heavy atom. The highest BCUT2D eigenvalue weighted by Gasteiger charge is 2.45. The molecule has 0 radical (unpaired) electrons. The first-order valence-corrected chi connectivity index (χ1v) is 4.76. The van der Waals surface area contributed by atoms with E-state index in [-0.39, 0.29) is 11.5 Å². The first kappa shape index (κ1) is 10.4. The van der Waals surface area contributed by atoms with Gasteiger partial charge in [0.1, 0.15) is 16.7 Å². The number of halogens is 3. The lowest BCUT2D eigenvalue weighted by molar-refractivity contribution is -0.138. The second-order valence-corrected chi connectivity index (χ2v) is 3.93. The molecular formula is C10H7ClF2O2. The zero-order chi connectivity index (χ0) is 11.2. The number of hydrogen-bond acceptors (Lipinski definition) is 1. The number of carbonyl (C=O) groups is 1. The van der Waals surface area contributed by atoms with Gasteiger partial charge in [-0.15, -0.1) is 0 Å². The molecule has 15 heavy (non-hydrogen) atoms. The fraction of sp³-hybridized carbons (Fsp3) is 0.300. The van der Waals surface area contributed by atoms with Crippen molar-refractivity contribution in [1.29, 1.82) is 0 Å². The first-order chi connectivity index (χ1) is 7.02. The number of carboxylic acids is 1. The van der Waals surface area contributed by atoms with Gasteiger partial charge in [-0.3, -0.25) is 4.79 Å². The summed E-state index contributed by atoms with van der Waals surface area (Å²) in [5.41, 5.74) is 0.189. The average molecular weight is 233 g/mol. The number of rotatable bonds is 2. The average Bonchev–Trinajstić information content (AvgIpc) is 2.94. The highest BCUT2D eigenvalue weighted by molar-refractivity contribution is 6.31. The molecule has 0 bridgehead atoms. The van der Waals surface area contributed by atoms with Gasteiger partial charge in [0.25, 0.3) is 0 Å². The second kappa shape index (κ2) is 3.45. The Morgan fingerprint density at radius 2 is 2.13 bits per heavy atom. The number of aliphatic carboxylic acids is 1. The van der Waals surface area contributed by atoms with Crippen LogP contribution in [0.5, 0.6) is 0 Å². The quantitative estimate of drug-likeness (QED) is 0.796. The fourth-order valence-electron chi connectivity index (χ4n) is 1.64. The van der Waals surface area contributed by atoms with E-state index >= 15 is 0 Å². The van der Waals surface area contributed by atoms with Crippen molar-refractivity contribution < 1.29 is 18.7 Å². The van der Waals surface area contributed by atoms with E-state index in [2.05, 4.69) is 0 Å². The molecule has 1 N–H and O–H groups in total. The SMILES string of the molecule is O=C(O)[C@@H]1C[C@H]1c1ccc(F)c(Cl)c1F. The highest BCUT2D eigenvalue weighted by Crippen LogP contribution is 2.49. The Balaban J connectivity index is 2.32. The summed E-state index contributed by atoms with van der Waals surface area (Å²) in [6.07, 6.45) is 0.383. The van der Waals surface area contributed by atoms with Gasteiger partial charge in [0, 0.05) is 5.92 Å². The van der Waals surface area contributed by atoms with E-state index in [1.165, 1.54) is 6.07 Å². The third-order valence-corrected chi connectivity index (χ3v) is 2.92. The fourth-order valence-corrected chi connectivity index (χ4v) is 1.81. The molecule has 0 spiro atoms. The van der Waals surface area contributed by atoms with E-state index < -0.39 is 28.5 Å². The summed E-state index contributed by atoms with van der Waals surface area (Å²) in [5.74, 6) is -3.57. The molecule has 5 heteroatoms. The third kappa shape index (κ3) is 1.69. The van der Waals surface area contributed by atoms with Crippen molar-refractivity contribution in [3.63, 3.8) is 0 Å². The zero-order valence-corrected chi connectivity index (χ0v) is 8.26. The van der Waals surface area contributed by atoms with Crippen LogP contribution < -0.4 is 0 Å². The van der Waals surface area contributed by atoms with E-state index in [0.29, 0.717) is 6.42 Å². The monoisotopic (exact) mass is 232 g/mol. The van der Waals surface area contributed by atoms with Crippen molar-refractivity contribution in [2.24, 2.45) is 5.92 Å². The van der Waals surface area contributed by atoms with Gasteiger partial charge in [-0.1, -0.05) is 17.7 Å². The Hall–Kier alpha value is -1.16. The lowest BCUT2D eigenvalue weighted by Gasteiger charge is -2.03.